The highest BCUT2D eigenvalue weighted by atomic mass is 32.1. The van der Waals surface area contributed by atoms with Gasteiger partial charge in [-0.25, -0.2) is 4.98 Å². The van der Waals surface area contributed by atoms with Gasteiger partial charge in [-0.05, 0) is 24.8 Å². The first-order valence-electron chi connectivity index (χ1n) is 7.13. The van der Waals surface area contributed by atoms with Crippen molar-refractivity contribution >= 4 is 27.3 Å². The van der Waals surface area contributed by atoms with E-state index in [4.69, 9.17) is 6.42 Å². The Morgan fingerprint density at radius 3 is 3.19 bits per heavy atom. The Morgan fingerprint density at radius 2 is 2.48 bits per heavy atom. The molecule has 0 aliphatic carbocycles. The van der Waals surface area contributed by atoms with Crippen LogP contribution in [0.1, 0.15) is 28.9 Å². The van der Waals surface area contributed by atoms with Crippen LogP contribution in [-0.4, -0.2) is 35.0 Å². The van der Waals surface area contributed by atoms with E-state index in [-0.39, 0.29) is 12.1 Å². The molecule has 2 saturated heterocycles. The molecule has 1 amide bonds. The molecule has 2 fully saturated rings. The summed E-state index contributed by atoms with van der Waals surface area (Å²) in [5.74, 6) is 3.29. The summed E-state index contributed by atoms with van der Waals surface area (Å²) in [4.78, 5) is 19.0. The van der Waals surface area contributed by atoms with Crippen LogP contribution in [0.3, 0.4) is 0 Å². The lowest BCUT2D eigenvalue weighted by Crippen LogP contribution is -2.45. The number of pyridine rings is 1. The lowest BCUT2D eigenvalue weighted by Gasteiger charge is -2.25. The van der Waals surface area contributed by atoms with Crippen molar-refractivity contribution in [3.63, 3.8) is 0 Å². The molecule has 2 aliphatic rings. The van der Waals surface area contributed by atoms with Gasteiger partial charge in [0.15, 0.2) is 0 Å². The summed E-state index contributed by atoms with van der Waals surface area (Å²) in [5.41, 5.74) is 1.27. The van der Waals surface area contributed by atoms with Gasteiger partial charge in [0.1, 0.15) is 5.69 Å². The van der Waals surface area contributed by atoms with Gasteiger partial charge in [0, 0.05) is 35.6 Å². The van der Waals surface area contributed by atoms with Gasteiger partial charge in [-0.15, -0.1) is 17.8 Å². The predicted molar refractivity (Wildman–Crippen MR) is 83.1 cm³/mol. The fraction of sp³-hybridized carbons (Fsp3) is 0.375. The third-order valence-electron chi connectivity index (χ3n) is 4.46. The van der Waals surface area contributed by atoms with Crippen LogP contribution in [0.25, 0.3) is 10.1 Å². The van der Waals surface area contributed by atoms with Crippen molar-refractivity contribution < 1.29 is 4.79 Å². The molecule has 1 N–H and O–H groups in total. The number of amides is 1. The van der Waals surface area contributed by atoms with Crippen LogP contribution in [0.5, 0.6) is 0 Å². The number of nitrogens with one attached hydrogen (secondary N) is 1. The molecule has 0 spiro atoms. The van der Waals surface area contributed by atoms with E-state index in [0.717, 1.165) is 41.1 Å². The van der Waals surface area contributed by atoms with Gasteiger partial charge in [-0.2, -0.15) is 0 Å². The van der Waals surface area contributed by atoms with E-state index in [9.17, 15) is 4.79 Å². The van der Waals surface area contributed by atoms with Crippen LogP contribution >= 0.6 is 11.3 Å². The van der Waals surface area contributed by atoms with Gasteiger partial charge < -0.3 is 5.32 Å². The quantitative estimate of drug-likeness (QED) is 0.863. The molecule has 0 radical (unpaired) electrons. The predicted octanol–water partition coefficient (Wildman–Crippen LogP) is 2.06. The van der Waals surface area contributed by atoms with Gasteiger partial charge >= 0.3 is 0 Å². The molecule has 2 aromatic rings. The monoisotopic (exact) mass is 297 g/mol. The molecule has 5 heteroatoms. The van der Waals surface area contributed by atoms with Crippen LogP contribution < -0.4 is 5.32 Å². The SMILES string of the molecule is C#Cc1csc2cnc(C(=O)NC3CC4CCN3C4)cc12. The maximum absolute atomic E-state index is 12.4. The van der Waals surface area contributed by atoms with Gasteiger partial charge in [-0.1, -0.05) is 5.92 Å². The fourth-order valence-electron chi connectivity index (χ4n) is 3.35. The first-order chi connectivity index (χ1) is 10.2. The summed E-state index contributed by atoms with van der Waals surface area (Å²) < 4.78 is 1.02. The number of fused-ring (bicyclic) bond motifs is 3. The first-order valence-corrected chi connectivity index (χ1v) is 8.01. The lowest BCUT2D eigenvalue weighted by molar-refractivity contribution is 0.0878. The zero-order valence-corrected chi connectivity index (χ0v) is 12.3. The molecular weight excluding hydrogens is 282 g/mol. The average molecular weight is 297 g/mol. The van der Waals surface area contributed by atoms with Gasteiger partial charge in [-0.3, -0.25) is 9.69 Å². The summed E-state index contributed by atoms with van der Waals surface area (Å²) in [7, 11) is 0. The third-order valence-corrected chi connectivity index (χ3v) is 5.39. The molecule has 3 unspecified atom stereocenters. The van der Waals surface area contributed by atoms with Crippen molar-refractivity contribution in [3.8, 4) is 12.3 Å². The molecule has 2 aromatic heterocycles. The number of carbonyl (C=O) groups is 1. The zero-order valence-electron chi connectivity index (χ0n) is 11.5. The normalized spacial score (nSPS) is 26.9. The number of terminal acetylenes is 1. The van der Waals surface area contributed by atoms with Gasteiger partial charge in [0.05, 0.1) is 10.9 Å². The molecule has 106 valence electrons. The van der Waals surface area contributed by atoms with Crippen molar-refractivity contribution in [2.75, 3.05) is 13.1 Å². The number of nitrogens with zero attached hydrogens (tertiary/aromatic N) is 2. The summed E-state index contributed by atoms with van der Waals surface area (Å²) in [6.45, 7) is 2.21. The highest BCUT2D eigenvalue weighted by molar-refractivity contribution is 7.17. The Labute approximate surface area is 127 Å². The third kappa shape index (κ3) is 2.11. The van der Waals surface area contributed by atoms with Crippen molar-refractivity contribution in [2.24, 2.45) is 5.92 Å². The summed E-state index contributed by atoms with van der Waals surface area (Å²) in [6.07, 6.45) is 9.71. The molecule has 3 atom stereocenters. The molecule has 4 nitrogen and oxygen atoms in total. The van der Waals surface area contributed by atoms with Crippen molar-refractivity contribution in [2.45, 2.75) is 19.0 Å². The maximum Gasteiger partial charge on any atom is 0.271 e. The topological polar surface area (TPSA) is 45.2 Å². The Balaban J connectivity index is 1.58. The van der Waals surface area contributed by atoms with Crippen molar-refractivity contribution in [1.82, 2.24) is 15.2 Å². The molecule has 2 bridgehead atoms. The van der Waals surface area contributed by atoms with E-state index >= 15 is 0 Å². The Kier molecular flexibility index (Phi) is 2.95. The number of hydrogen-bond donors (Lipinski definition) is 1. The first kappa shape index (κ1) is 12.8. The fourth-order valence-corrected chi connectivity index (χ4v) is 4.20. The van der Waals surface area contributed by atoms with Crippen LogP contribution in [0, 0.1) is 18.3 Å². The number of carbonyl (C=O) groups excluding carboxylic acids is 1. The summed E-state index contributed by atoms with van der Waals surface area (Å²) in [6, 6.07) is 1.80. The Bertz CT molecular complexity index is 760. The van der Waals surface area contributed by atoms with Crippen LogP contribution in [0.2, 0.25) is 0 Å². The van der Waals surface area contributed by atoms with Crippen LogP contribution in [-0.2, 0) is 0 Å². The Hall–Kier alpha value is -1.90. The molecule has 21 heavy (non-hydrogen) atoms. The second-order valence-corrected chi connectivity index (χ2v) is 6.65. The summed E-state index contributed by atoms with van der Waals surface area (Å²) >= 11 is 1.56. The van der Waals surface area contributed by atoms with E-state index < -0.39 is 0 Å². The largest absolute Gasteiger partial charge is 0.335 e. The van der Waals surface area contributed by atoms with E-state index in [2.05, 4.69) is 21.1 Å². The second kappa shape index (κ2) is 4.83. The minimum atomic E-state index is -0.108. The highest BCUT2D eigenvalue weighted by Crippen LogP contribution is 2.31. The molecule has 4 heterocycles. The van der Waals surface area contributed by atoms with Crippen LogP contribution in [0.15, 0.2) is 17.6 Å². The zero-order chi connectivity index (χ0) is 14.4. The maximum atomic E-state index is 12.4. The number of aromatic nitrogens is 1. The lowest BCUT2D eigenvalue weighted by atomic mass is 10.0. The standard InChI is InChI=1S/C16H15N3OS/c1-2-11-9-21-14-7-17-13(6-12(11)14)16(20)18-15-5-10-3-4-19(15)8-10/h1,6-7,9-10,15H,3-5,8H2,(H,18,20). The number of hydrogen-bond acceptors (Lipinski definition) is 4. The van der Waals surface area contributed by atoms with E-state index in [1.165, 1.54) is 6.42 Å². The number of thiophene rings is 1. The van der Waals surface area contributed by atoms with E-state index in [0.29, 0.717) is 5.69 Å². The van der Waals surface area contributed by atoms with Crippen molar-refractivity contribution in [3.05, 3.63) is 28.9 Å². The minimum Gasteiger partial charge on any atom is -0.335 e. The van der Waals surface area contributed by atoms with Crippen LogP contribution in [0.4, 0.5) is 0 Å². The molecule has 0 saturated carbocycles. The van der Waals surface area contributed by atoms with Gasteiger partial charge in [0.2, 0.25) is 0 Å². The smallest absolute Gasteiger partial charge is 0.271 e. The molecular formula is C16H15N3OS. The second-order valence-electron chi connectivity index (χ2n) is 5.73. The van der Waals surface area contributed by atoms with Gasteiger partial charge in [0.25, 0.3) is 5.91 Å². The summed E-state index contributed by atoms with van der Waals surface area (Å²) in [5, 5.41) is 5.96. The highest BCUT2D eigenvalue weighted by Gasteiger charge is 2.38. The van der Waals surface area contributed by atoms with Crippen molar-refractivity contribution in [1.29, 1.82) is 0 Å². The van der Waals surface area contributed by atoms with E-state index in [1.807, 2.05) is 5.38 Å². The number of piperidine rings is 1. The minimum absolute atomic E-state index is 0.108. The Morgan fingerprint density at radius 1 is 1.57 bits per heavy atom. The molecule has 0 aromatic carbocycles. The molecule has 2 aliphatic heterocycles. The van der Waals surface area contributed by atoms with E-state index in [1.54, 1.807) is 23.6 Å². The number of rotatable bonds is 2. The molecule has 4 rings (SSSR count). The average Bonchev–Trinajstić information content (AvgIpc) is 3.21.